The van der Waals surface area contributed by atoms with Crippen molar-refractivity contribution in [3.8, 4) is 0 Å². The van der Waals surface area contributed by atoms with Crippen molar-refractivity contribution in [3.63, 3.8) is 0 Å². The number of nitrogens with zero attached hydrogens (tertiary/aromatic N) is 2. The Morgan fingerprint density at radius 2 is 2.10 bits per heavy atom. The molecule has 0 saturated carbocycles. The van der Waals surface area contributed by atoms with Crippen molar-refractivity contribution in [1.29, 1.82) is 0 Å². The molecule has 0 bridgehead atoms. The predicted octanol–water partition coefficient (Wildman–Crippen LogP) is 1.64. The lowest BCUT2D eigenvalue weighted by atomic mass is 9.99. The highest BCUT2D eigenvalue weighted by atomic mass is 16.4. The molecule has 5 heteroatoms. The molecule has 0 aliphatic carbocycles. The van der Waals surface area contributed by atoms with Gasteiger partial charge in [0, 0.05) is 37.1 Å². The summed E-state index contributed by atoms with van der Waals surface area (Å²) in [4.78, 5) is 15.9. The van der Waals surface area contributed by atoms with Gasteiger partial charge in [0.05, 0.1) is 5.56 Å². The molecule has 0 aromatic heterocycles. The molecule has 1 atom stereocenters. The van der Waals surface area contributed by atoms with Crippen LogP contribution in [-0.2, 0) is 0 Å². The fourth-order valence-electron chi connectivity index (χ4n) is 3.33. The monoisotopic (exact) mass is 275 g/mol. The number of benzene rings is 1. The Kier molecular flexibility index (Phi) is 3.53. The number of rotatable bonds is 2. The third kappa shape index (κ3) is 2.45. The van der Waals surface area contributed by atoms with Gasteiger partial charge in [0.1, 0.15) is 0 Å². The second-order valence-corrected chi connectivity index (χ2v) is 5.71. The molecule has 2 aliphatic heterocycles. The molecule has 1 aromatic carbocycles. The molecule has 1 unspecified atom stereocenters. The molecule has 108 valence electrons. The number of piperidine rings is 1. The topological polar surface area (TPSA) is 69.8 Å². The van der Waals surface area contributed by atoms with E-state index < -0.39 is 5.97 Å². The maximum Gasteiger partial charge on any atom is 0.337 e. The van der Waals surface area contributed by atoms with Gasteiger partial charge in [-0.3, -0.25) is 4.90 Å². The van der Waals surface area contributed by atoms with Gasteiger partial charge in [-0.05, 0) is 37.6 Å². The molecule has 3 N–H and O–H groups in total. The van der Waals surface area contributed by atoms with E-state index in [2.05, 4.69) is 9.80 Å². The molecule has 3 rings (SSSR count). The number of hydrogen-bond acceptors (Lipinski definition) is 4. The summed E-state index contributed by atoms with van der Waals surface area (Å²) in [5.74, 6) is -0.967. The molecule has 2 saturated heterocycles. The summed E-state index contributed by atoms with van der Waals surface area (Å²) in [6.07, 6.45) is 3.89. The van der Waals surface area contributed by atoms with E-state index in [4.69, 9.17) is 10.8 Å². The predicted molar refractivity (Wildman–Crippen MR) is 79.2 cm³/mol. The summed E-state index contributed by atoms with van der Waals surface area (Å²) in [6.45, 7) is 4.32. The number of nitrogen functional groups attached to an aromatic ring is 1. The van der Waals surface area contributed by atoms with Gasteiger partial charge in [-0.1, -0.05) is 6.42 Å². The average Bonchev–Trinajstić information content (AvgIpc) is 2.46. The minimum atomic E-state index is -0.967. The molecular weight excluding hydrogens is 254 g/mol. The number of hydrogen-bond donors (Lipinski definition) is 2. The van der Waals surface area contributed by atoms with Gasteiger partial charge in [-0.15, -0.1) is 0 Å². The quantitative estimate of drug-likeness (QED) is 0.803. The summed E-state index contributed by atoms with van der Waals surface area (Å²) in [7, 11) is 0. The minimum Gasteiger partial charge on any atom is -0.478 e. The number of nitrogens with two attached hydrogens (primary N) is 1. The Balaban J connectivity index is 1.76. The zero-order chi connectivity index (χ0) is 14.1. The summed E-state index contributed by atoms with van der Waals surface area (Å²) < 4.78 is 0. The average molecular weight is 275 g/mol. The Bertz CT molecular complexity index is 518. The van der Waals surface area contributed by atoms with Gasteiger partial charge in [-0.2, -0.15) is 0 Å². The number of aromatic carboxylic acids is 1. The molecule has 1 aromatic rings. The molecule has 2 heterocycles. The lowest BCUT2D eigenvalue weighted by molar-refractivity contribution is 0.0698. The van der Waals surface area contributed by atoms with Crippen LogP contribution in [0.25, 0.3) is 0 Å². The van der Waals surface area contributed by atoms with Crippen molar-refractivity contribution >= 4 is 17.3 Å². The van der Waals surface area contributed by atoms with Gasteiger partial charge < -0.3 is 15.7 Å². The summed E-state index contributed by atoms with van der Waals surface area (Å²) in [5, 5.41) is 9.02. The van der Waals surface area contributed by atoms with Crippen LogP contribution in [0.5, 0.6) is 0 Å². The van der Waals surface area contributed by atoms with Crippen molar-refractivity contribution in [2.24, 2.45) is 0 Å². The second kappa shape index (κ2) is 5.32. The third-order valence-corrected chi connectivity index (χ3v) is 4.47. The Labute approximate surface area is 119 Å². The largest absolute Gasteiger partial charge is 0.478 e. The van der Waals surface area contributed by atoms with Crippen molar-refractivity contribution in [2.75, 3.05) is 36.8 Å². The summed E-state index contributed by atoms with van der Waals surface area (Å²) in [5.41, 5.74) is 7.42. The molecule has 2 fully saturated rings. The van der Waals surface area contributed by atoms with Gasteiger partial charge in [0.25, 0.3) is 0 Å². The normalized spacial score (nSPS) is 23.4. The maximum absolute atomic E-state index is 11.0. The maximum atomic E-state index is 11.0. The Morgan fingerprint density at radius 1 is 1.25 bits per heavy atom. The van der Waals surface area contributed by atoms with Crippen LogP contribution in [0.2, 0.25) is 0 Å². The van der Waals surface area contributed by atoms with E-state index in [1.165, 1.54) is 25.8 Å². The van der Waals surface area contributed by atoms with Crippen LogP contribution in [0.1, 0.15) is 29.6 Å². The van der Waals surface area contributed by atoms with Crippen LogP contribution in [0.15, 0.2) is 18.2 Å². The number of carboxylic acid groups (broad SMARTS) is 1. The Hall–Kier alpha value is -1.75. The van der Waals surface area contributed by atoms with Crippen molar-refractivity contribution in [3.05, 3.63) is 23.8 Å². The smallest absolute Gasteiger partial charge is 0.337 e. The molecular formula is C15H21N3O2. The van der Waals surface area contributed by atoms with Gasteiger partial charge in [0.15, 0.2) is 0 Å². The van der Waals surface area contributed by atoms with E-state index in [-0.39, 0.29) is 5.56 Å². The van der Waals surface area contributed by atoms with Crippen molar-refractivity contribution in [1.82, 2.24) is 4.90 Å². The molecule has 20 heavy (non-hydrogen) atoms. The van der Waals surface area contributed by atoms with Gasteiger partial charge in [-0.25, -0.2) is 4.79 Å². The molecule has 5 nitrogen and oxygen atoms in total. The van der Waals surface area contributed by atoms with Gasteiger partial charge >= 0.3 is 5.97 Å². The first kappa shape index (κ1) is 13.2. The van der Waals surface area contributed by atoms with Crippen molar-refractivity contribution < 1.29 is 9.90 Å². The fraction of sp³-hybridized carbons (Fsp3) is 0.533. The van der Waals surface area contributed by atoms with E-state index in [1.807, 2.05) is 6.07 Å². The van der Waals surface area contributed by atoms with Crippen LogP contribution in [0, 0.1) is 0 Å². The van der Waals surface area contributed by atoms with Crippen LogP contribution in [0.3, 0.4) is 0 Å². The van der Waals surface area contributed by atoms with E-state index in [0.29, 0.717) is 11.7 Å². The number of fused-ring (bicyclic) bond motifs is 1. The third-order valence-electron chi connectivity index (χ3n) is 4.47. The highest BCUT2D eigenvalue weighted by molar-refractivity contribution is 5.94. The summed E-state index contributed by atoms with van der Waals surface area (Å²) >= 11 is 0. The fourth-order valence-corrected chi connectivity index (χ4v) is 3.33. The standard InChI is InChI=1S/C15H21N3O2/c16-14-9-11(4-5-13(14)15(19)20)18-8-7-17-6-2-1-3-12(17)10-18/h4-5,9,12H,1-3,6-8,10,16H2,(H,19,20). The number of carboxylic acids is 1. The van der Waals surface area contributed by atoms with Crippen LogP contribution < -0.4 is 10.6 Å². The number of anilines is 2. The number of piperazine rings is 1. The molecule has 0 spiro atoms. The molecule has 0 radical (unpaired) electrons. The van der Waals surface area contributed by atoms with Crippen molar-refractivity contribution in [2.45, 2.75) is 25.3 Å². The molecule has 0 amide bonds. The lowest BCUT2D eigenvalue weighted by Gasteiger charge is -2.45. The van der Waals surface area contributed by atoms with E-state index in [0.717, 1.165) is 25.3 Å². The number of carbonyl (C=O) groups is 1. The lowest BCUT2D eigenvalue weighted by Crippen LogP contribution is -2.54. The first-order valence-electron chi connectivity index (χ1n) is 7.27. The van der Waals surface area contributed by atoms with Crippen LogP contribution in [-0.4, -0.2) is 48.2 Å². The first-order chi connectivity index (χ1) is 9.65. The van der Waals surface area contributed by atoms with Gasteiger partial charge in [0.2, 0.25) is 0 Å². The van der Waals surface area contributed by atoms with Crippen LogP contribution in [0.4, 0.5) is 11.4 Å². The highest BCUT2D eigenvalue weighted by Crippen LogP contribution is 2.27. The van der Waals surface area contributed by atoms with E-state index in [9.17, 15) is 4.79 Å². The van der Waals surface area contributed by atoms with Crippen LogP contribution >= 0.6 is 0 Å². The molecule has 2 aliphatic rings. The Morgan fingerprint density at radius 3 is 2.85 bits per heavy atom. The van der Waals surface area contributed by atoms with E-state index >= 15 is 0 Å². The summed E-state index contributed by atoms with van der Waals surface area (Å²) in [6, 6.07) is 5.92. The highest BCUT2D eigenvalue weighted by Gasteiger charge is 2.29. The van der Waals surface area contributed by atoms with E-state index in [1.54, 1.807) is 12.1 Å². The SMILES string of the molecule is Nc1cc(N2CCN3CCCCC3C2)ccc1C(=O)O. The zero-order valence-corrected chi connectivity index (χ0v) is 11.6. The second-order valence-electron chi connectivity index (χ2n) is 5.71. The first-order valence-corrected chi connectivity index (χ1v) is 7.27. The zero-order valence-electron chi connectivity index (χ0n) is 11.6. The minimum absolute atomic E-state index is 0.185.